The van der Waals surface area contributed by atoms with Crippen molar-refractivity contribution in [2.45, 2.75) is 26.3 Å². The van der Waals surface area contributed by atoms with Crippen LogP contribution in [0.15, 0.2) is 48.5 Å². The van der Waals surface area contributed by atoms with Crippen molar-refractivity contribution in [3.05, 3.63) is 65.5 Å². The summed E-state index contributed by atoms with van der Waals surface area (Å²) in [7, 11) is 1.55. The quantitative estimate of drug-likeness (QED) is 0.749. The number of hydrogen-bond donors (Lipinski definition) is 2. The van der Waals surface area contributed by atoms with Gasteiger partial charge >= 0.3 is 0 Å². The highest BCUT2D eigenvalue weighted by Crippen LogP contribution is 2.12. The average molecular weight is 372 g/mol. The molecule has 0 aliphatic rings. The van der Waals surface area contributed by atoms with Crippen molar-refractivity contribution in [3.8, 4) is 5.75 Å². The van der Waals surface area contributed by atoms with Crippen LogP contribution < -0.4 is 15.4 Å². The van der Waals surface area contributed by atoms with Gasteiger partial charge in [-0.2, -0.15) is 0 Å². The van der Waals surface area contributed by atoms with E-state index in [9.17, 15) is 14.0 Å². The minimum absolute atomic E-state index is 0.0821. The van der Waals surface area contributed by atoms with Crippen LogP contribution in [-0.4, -0.2) is 31.5 Å². The van der Waals surface area contributed by atoms with Crippen molar-refractivity contribution in [1.82, 2.24) is 10.6 Å². The first-order valence-corrected chi connectivity index (χ1v) is 8.87. The fourth-order valence-electron chi connectivity index (χ4n) is 2.63. The van der Waals surface area contributed by atoms with Gasteiger partial charge in [0.05, 0.1) is 7.11 Å². The van der Waals surface area contributed by atoms with Gasteiger partial charge in [0.25, 0.3) is 5.91 Å². The van der Waals surface area contributed by atoms with Crippen LogP contribution in [0.25, 0.3) is 0 Å². The molecule has 27 heavy (non-hydrogen) atoms. The van der Waals surface area contributed by atoms with Crippen molar-refractivity contribution in [2.24, 2.45) is 5.92 Å². The lowest BCUT2D eigenvalue weighted by atomic mass is 10.0. The Morgan fingerprint density at radius 1 is 1.11 bits per heavy atom. The van der Waals surface area contributed by atoms with Crippen LogP contribution in [0, 0.1) is 11.7 Å². The first-order valence-electron chi connectivity index (χ1n) is 8.87. The molecular formula is C21H25FN2O3. The number of halogens is 1. The van der Waals surface area contributed by atoms with Gasteiger partial charge in [0.15, 0.2) is 0 Å². The molecule has 0 saturated carbocycles. The lowest BCUT2D eigenvalue weighted by Crippen LogP contribution is -2.50. The smallest absolute Gasteiger partial charge is 0.251 e. The summed E-state index contributed by atoms with van der Waals surface area (Å²) >= 11 is 0. The highest BCUT2D eigenvalue weighted by Gasteiger charge is 2.24. The van der Waals surface area contributed by atoms with Gasteiger partial charge in [-0.1, -0.05) is 26.0 Å². The van der Waals surface area contributed by atoms with E-state index in [0.717, 1.165) is 5.56 Å². The molecule has 0 aliphatic heterocycles. The zero-order chi connectivity index (χ0) is 19.8. The highest BCUT2D eigenvalue weighted by atomic mass is 19.1. The Morgan fingerprint density at radius 3 is 2.41 bits per heavy atom. The Hall–Kier alpha value is -2.89. The van der Waals surface area contributed by atoms with Crippen LogP contribution in [-0.2, 0) is 11.2 Å². The summed E-state index contributed by atoms with van der Waals surface area (Å²) in [5.74, 6) is -0.311. The molecule has 0 fully saturated rings. The number of benzene rings is 2. The fourth-order valence-corrected chi connectivity index (χ4v) is 2.63. The van der Waals surface area contributed by atoms with E-state index >= 15 is 0 Å². The molecule has 0 radical (unpaired) electrons. The maximum Gasteiger partial charge on any atom is 0.251 e. The van der Waals surface area contributed by atoms with E-state index in [-0.39, 0.29) is 23.5 Å². The summed E-state index contributed by atoms with van der Waals surface area (Å²) in [4.78, 5) is 24.9. The minimum Gasteiger partial charge on any atom is -0.497 e. The maximum atomic E-state index is 13.2. The second kappa shape index (κ2) is 9.71. The Bertz CT molecular complexity index is 775. The summed E-state index contributed by atoms with van der Waals surface area (Å²) in [6.45, 7) is 4.10. The Kier molecular flexibility index (Phi) is 7.34. The lowest BCUT2D eigenvalue weighted by molar-refractivity contribution is -0.123. The number of amides is 2. The fraction of sp³-hybridized carbons (Fsp3) is 0.333. The molecule has 2 aromatic carbocycles. The van der Waals surface area contributed by atoms with Crippen molar-refractivity contribution >= 4 is 11.8 Å². The molecule has 1 atom stereocenters. The van der Waals surface area contributed by atoms with Crippen LogP contribution in [0.2, 0.25) is 0 Å². The van der Waals surface area contributed by atoms with E-state index < -0.39 is 6.04 Å². The summed E-state index contributed by atoms with van der Waals surface area (Å²) < 4.78 is 18.3. The van der Waals surface area contributed by atoms with Crippen LogP contribution in [0.1, 0.15) is 29.8 Å². The summed E-state index contributed by atoms with van der Waals surface area (Å²) in [5.41, 5.74) is 1.26. The number of hydrogen-bond acceptors (Lipinski definition) is 3. The molecule has 144 valence electrons. The van der Waals surface area contributed by atoms with Crippen molar-refractivity contribution in [2.75, 3.05) is 13.7 Å². The number of carbonyl (C=O) groups excluding carboxylic acids is 2. The van der Waals surface area contributed by atoms with E-state index in [1.807, 2.05) is 13.8 Å². The van der Waals surface area contributed by atoms with Gasteiger partial charge in [-0.3, -0.25) is 9.59 Å². The molecule has 0 bridgehead atoms. The number of ether oxygens (including phenoxy) is 1. The number of methoxy groups -OCH3 is 1. The van der Waals surface area contributed by atoms with Gasteiger partial charge < -0.3 is 15.4 Å². The molecule has 0 spiro atoms. The van der Waals surface area contributed by atoms with Gasteiger partial charge in [-0.05, 0) is 54.3 Å². The highest BCUT2D eigenvalue weighted by molar-refractivity contribution is 5.97. The predicted molar refractivity (Wildman–Crippen MR) is 102 cm³/mol. The summed E-state index contributed by atoms with van der Waals surface area (Å²) in [6.07, 6.45) is 0.515. The van der Waals surface area contributed by atoms with Crippen LogP contribution in [0.4, 0.5) is 4.39 Å². The first kappa shape index (κ1) is 20.4. The molecule has 0 heterocycles. The third kappa shape index (κ3) is 6.09. The minimum atomic E-state index is -0.660. The third-order valence-corrected chi connectivity index (χ3v) is 4.19. The first-order chi connectivity index (χ1) is 12.9. The molecule has 5 nitrogen and oxygen atoms in total. The predicted octanol–water partition coefficient (Wildman–Crippen LogP) is 2.95. The summed E-state index contributed by atoms with van der Waals surface area (Å²) in [5, 5.41) is 5.59. The standard InChI is InChI=1S/C21H25FN2O3/c1-14(2)19(24-20(25)16-7-9-18(27-3)10-8-16)21(26)23-12-11-15-5-4-6-17(22)13-15/h4-10,13-14,19H,11-12H2,1-3H3,(H,23,26)(H,24,25). The molecule has 0 aromatic heterocycles. The molecular weight excluding hydrogens is 347 g/mol. The topological polar surface area (TPSA) is 67.4 Å². The lowest BCUT2D eigenvalue weighted by Gasteiger charge is -2.22. The molecule has 2 aromatic rings. The van der Waals surface area contributed by atoms with Crippen molar-refractivity contribution < 1.29 is 18.7 Å². The molecule has 6 heteroatoms. The Balaban J connectivity index is 1.92. The zero-order valence-corrected chi connectivity index (χ0v) is 15.8. The van der Waals surface area contributed by atoms with E-state index in [0.29, 0.717) is 24.3 Å². The van der Waals surface area contributed by atoms with E-state index in [4.69, 9.17) is 4.74 Å². The normalized spacial score (nSPS) is 11.7. The van der Waals surface area contributed by atoms with E-state index in [2.05, 4.69) is 10.6 Å². The van der Waals surface area contributed by atoms with Crippen LogP contribution in [0.3, 0.4) is 0 Å². The van der Waals surface area contributed by atoms with Crippen LogP contribution in [0.5, 0.6) is 5.75 Å². The van der Waals surface area contributed by atoms with E-state index in [1.165, 1.54) is 12.1 Å². The van der Waals surface area contributed by atoms with Gasteiger partial charge in [0.2, 0.25) is 5.91 Å². The Morgan fingerprint density at radius 2 is 1.81 bits per heavy atom. The second-order valence-electron chi connectivity index (χ2n) is 6.59. The molecule has 2 N–H and O–H groups in total. The van der Waals surface area contributed by atoms with Crippen molar-refractivity contribution in [3.63, 3.8) is 0 Å². The Labute approximate surface area is 158 Å². The molecule has 2 amide bonds. The zero-order valence-electron chi connectivity index (χ0n) is 15.8. The summed E-state index contributed by atoms with van der Waals surface area (Å²) in [6, 6.07) is 12.3. The largest absolute Gasteiger partial charge is 0.497 e. The average Bonchev–Trinajstić information content (AvgIpc) is 2.65. The number of nitrogens with one attached hydrogen (secondary N) is 2. The molecule has 1 unspecified atom stereocenters. The van der Waals surface area contributed by atoms with Gasteiger partial charge in [-0.15, -0.1) is 0 Å². The van der Waals surface area contributed by atoms with Gasteiger partial charge in [-0.25, -0.2) is 4.39 Å². The SMILES string of the molecule is COc1ccc(C(=O)NC(C(=O)NCCc2cccc(F)c2)C(C)C)cc1. The second-order valence-corrected chi connectivity index (χ2v) is 6.59. The molecule has 0 saturated heterocycles. The monoisotopic (exact) mass is 372 g/mol. The van der Waals surface area contributed by atoms with Gasteiger partial charge in [0, 0.05) is 12.1 Å². The van der Waals surface area contributed by atoms with E-state index in [1.54, 1.807) is 43.5 Å². The number of carbonyl (C=O) groups is 2. The molecule has 2 rings (SSSR count). The number of rotatable bonds is 8. The van der Waals surface area contributed by atoms with Gasteiger partial charge in [0.1, 0.15) is 17.6 Å². The van der Waals surface area contributed by atoms with Crippen LogP contribution >= 0.6 is 0 Å². The molecule has 0 aliphatic carbocycles. The maximum absolute atomic E-state index is 13.2. The third-order valence-electron chi connectivity index (χ3n) is 4.19. The van der Waals surface area contributed by atoms with Crippen molar-refractivity contribution in [1.29, 1.82) is 0 Å².